The molecular formula is C19H13ClN2O3S. The van der Waals surface area contributed by atoms with Gasteiger partial charge in [0.2, 0.25) is 5.89 Å². The number of carbonyl (C=O) groups excluding carboxylic acids is 1. The smallest absolute Gasteiger partial charge is 0.265 e. The standard InChI is InChI=1S/C19H13ClN2O3S/c1-24-15-6-4-11(9-13(15)20)19-22-14-10-12(5-7-16(14)25-19)21-18(23)17-3-2-8-26-17/h2-10H,1H3,(H,21,23). The zero-order chi connectivity index (χ0) is 18.1. The fraction of sp³-hybridized carbons (Fsp3) is 0.0526. The van der Waals surface area contributed by atoms with E-state index in [4.69, 9.17) is 20.8 Å². The molecule has 0 saturated heterocycles. The van der Waals surface area contributed by atoms with E-state index >= 15 is 0 Å². The molecule has 0 aliphatic carbocycles. The van der Waals surface area contributed by atoms with Crippen LogP contribution in [0.2, 0.25) is 5.02 Å². The fourth-order valence-corrected chi connectivity index (χ4v) is 3.41. The highest BCUT2D eigenvalue weighted by atomic mass is 35.5. The van der Waals surface area contributed by atoms with E-state index in [1.807, 2.05) is 17.5 Å². The van der Waals surface area contributed by atoms with Crippen molar-refractivity contribution in [3.63, 3.8) is 0 Å². The van der Waals surface area contributed by atoms with E-state index in [1.54, 1.807) is 43.5 Å². The molecule has 7 heteroatoms. The van der Waals surface area contributed by atoms with Gasteiger partial charge in [-0.15, -0.1) is 11.3 Å². The summed E-state index contributed by atoms with van der Waals surface area (Å²) in [6.45, 7) is 0. The number of methoxy groups -OCH3 is 1. The van der Waals surface area contributed by atoms with Crippen LogP contribution < -0.4 is 10.1 Å². The van der Waals surface area contributed by atoms with Crippen molar-refractivity contribution in [3.8, 4) is 17.2 Å². The number of oxazole rings is 1. The molecule has 0 fully saturated rings. The SMILES string of the molecule is COc1ccc(-c2nc3cc(NC(=O)c4cccs4)ccc3o2)cc1Cl. The first kappa shape index (κ1) is 16.6. The maximum absolute atomic E-state index is 12.2. The number of aromatic nitrogens is 1. The number of ether oxygens (including phenoxy) is 1. The van der Waals surface area contributed by atoms with Crippen molar-refractivity contribution < 1.29 is 13.9 Å². The number of benzene rings is 2. The van der Waals surface area contributed by atoms with Crippen LogP contribution in [0.3, 0.4) is 0 Å². The molecule has 26 heavy (non-hydrogen) atoms. The topological polar surface area (TPSA) is 64.4 Å². The number of hydrogen-bond donors (Lipinski definition) is 1. The first-order valence-corrected chi connectivity index (χ1v) is 8.99. The summed E-state index contributed by atoms with van der Waals surface area (Å²) < 4.78 is 10.9. The van der Waals surface area contributed by atoms with Gasteiger partial charge in [-0.05, 0) is 47.8 Å². The Morgan fingerprint density at radius 2 is 2.12 bits per heavy atom. The van der Waals surface area contributed by atoms with Crippen LogP contribution in [0.15, 0.2) is 58.3 Å². The molecule has 0 atom stereocenters. The molecule has 1 amide bonds. The van der Waals surface area contributed by atoms with Gasteiger partial charge in [0.1, 0.15) is 11.3 Å². The van der Waals surface area contributed by atoms with Crippen LogP contribution in [0.25, 0.3) is 22.6 Å². The normalized spacial score (nSPS) is 10.8. The van der Waals surface area contributed by atoms with Crippen molar-refractivity contribution in [2.45, 2.75) is 0 Å². The largest absolute Gasteiger partial charge is 0.495 e. The summed E-state index contributed by atoms with van der Waals surface area (Å²) in [5.41, 5.74) is 2.68. The maximum atomic E-state index is 12.2. The molecule has 5 nitrogen and oxygen atoms in total. The zero-order valence-electron chi connectivity index (χ0n) is 13.7. The minimum atomic E-state index is -0.148. The molecule has 2 heterocycles. The minimum absolute atomic E-state index is 0.148. The molecule has 4 rings (SSSR count). The fourth-order valence-electron chi connectivity index (χ4n) is 2.53. The lowest BCUT2D eigenvalue weighted by Gasteiger charge is -2.03. The Hall–Kier alpha value is -2.83. The molecule has 2 aromatic carbocycles. The number of halogens is 1. The molecule has 4 aromatic rings. The summed E-state index contributed by atoms with van der Waals surface area (Å²) in [5, 5.41) is 5.21. The number of carbonyl (C=O) groups is 1. The maximum Gasteiger partial charge on any atom is 0.265 e. The summed E-state index contributed by atoms with van der Waals surface area (Å²) in [4.78, 5) is 17.3. The van der Waals surface area contributed by atoms with E-state index in [9.17, 15) is 4.79 Å². The molecule has 0 spiro atoms. The second kappa shape index (κ2) is 6.82. The van der Waals surface area contributed by atoms with Gasteiger partial charge in [-0.3, -0.25) is 4.79 Å². The van der Waals surface area contributed by atoms with Crippen molar-refractivity contribution in [2.75, 3.05) is 12.4 Å². The third-order valence-corrected chi connectivity index (χ3v) is 4.95. The van der Waals surface area contributed by atoms with E-state index in [0.29, 0.717) is 38.3 Å². The first-order valence-electron chi connectivity index (χ1n) is 7.73. The molecule has 0 aliphatic rings. The number of fused-ring (bicyclic) bond motifs is 1. The van der Waals surface area contributed by atoms with Gasteiger partial charge in [-0.25, -0.2) is 4.98 Å². The highest BCUT2D eigenvalue weighted by molar-refractivity contribution is 7.12. The number of rotatable bonds is 4. The van der Waals surface area contributed by atoms with Crippen LogP contribution in [-0.2, 0) is 0 Å². The van der Waals surface area contributed by atoms with E-state index in [1.165, 1.54) is 11.3 Å². The highest BCUT2D eigenvalue weighted by Crippen LogP contribution is 2.32. The number of amides is 1. The molecular weight excluding hydrogens is 372 g/mol. The van der Waals surface area contributed by atoms with Crippen LogP contribution in [0.5, 0.6) is 5.75 Å². The van der Waals surface area contributed by atoms with Gasteiger partial charge >= 0.3 is 0 Å². The average molecular weight is 385 g/mol. The Morgan fingerprint density at radius 3 is 2.85 bits per heavy atom. The van der Waals surface area contributed by atoms with Gasteiger partial charge in [0.05, 0.1) is 17.0 Å². The van der Waals surface area contributed by atoms with Crippen molar-refractivity contribution in [3.05, 3.63) is 63.8 Å². The lowest BCUT2D eigenvalue weighted by atomic mass is 10.2. The van der Waals surface area contributed by atoms with E-state index in [-0.39, 0.29) is 5.91 Å². The predicted octanol–water partition coefficient (Wildman–Crippen LogP) is 5.47. The number of nitrogens with zero attached hydrogens (tertiary/aromatic N) is 1. The van der Waals surface area contributed by atoms with Crippen LogP contribution in [-0.4, -0.2) is 18.0 Å². The zero-order valence-corrected chi connectivity index (χ0v) is 15.2. The highest BCUT2D eigenvalue weighted by Gasteiger charge is 2.12. The molecule has 0 aliphatic heterocycles. The van der Waals surface area contributed by atoms with E-state index < -0.39 is 0 Å². The van der Waals surface area contributed by atoms with Gasteiger partial charge in [0, 0.05) is 11.3 Å². The molecule has 0 saturated carbocycles. The lowest BCUT2D eigenvalue weighted by molar-refractivity contribution is 0.103. The van der Waals surface area contributed by atoms with Crippen molar-refractivity contribution in [1.29, 1.82) is 0 Å². The summed E-state index contributed by atoms with van der Waals surface area (Å²) in [6.07, 6.45) is 0. The molecule has 2 aromatic heterocycles. The third-order valence-electron chi connectivity index (χ3n) is 3.79. The van der Waals surface area contributed by atoms with E-state index in [2.05, 4.69) is 10.3 Å². The molecule has 0 radical (unpaired) electrons. The second-order valence-electron chi connectivity index (χ2n) is 5.48. The molecule has 0 bridgehead atoms. The van der Waals surface area contributed by atoms with Crippen molar-refractivity contribution in [1.82, 2.24) is 4.98 Å². The molecule has 0 unspecified atom stereocenters. The molecule has 1 N–H and O–H groups in total. The lowest BCUT2D eigenvalue weighted by Crippen LogP contribution is -2.09. The van der Waals surface area contributed by atoms with Gasteiger partial charge in [-0.2, -0.15) is 0 Å². The Balaban J connectivity index is 1.63. The second-order valence-corrected chi connectivity index (χ2v) is 6.84. The quantitative estimate of drug-likeness (QED) is 0.506. The predicted molar refractivity (Wildman–Crippen MR) is 103 cm³/mol. The molecule has 130 valence electrons. The summed E-state index contributed by atoms with van der Waals surface area (Å²) in [6, 6.07) is 14.3. The van der Waals surface area contributed by atoms with Gasteiger partial charge in [0.15, 0.2) is 5.58 Å². The number of thiophene rings is 1. The first-order chi connectivity index (χ1) is 12.6. The Bertz CT molecular complexity index is 1090. The van der Waals surface area contributed by atoms with Gasteiger partial charge in [0.25, 0.3) is 5.91 Å². The van der Waals surface area contributed by atoms with Crippen LogP contribution >= 0.6 is 22.9 Å². The summed E-state index contributed by atoms with van der Waals surface area (Å²) in [7, 11) is 1.56. The van der Waals surface area contributed by atoms with Crippen molar-refractivity contribution >= 4 is 45.6 Å². The van der Waals surface area contributed by atoms with Crippen LogP contribution in [0, 0.1) is 0 Å². The average Bonchev–Trinajstić information content (AvgIpc) is 3.31. The number of hydrogen-bond acceptors (Lipinski definition) is 5. The van der Waals surface area contributed by atoms with Crippen LogP contribution in [0.1, 0.15) is 9.67 Å². The number of nitrogens with one attached hydrogen (secondary N) is 1. The van der Waals surface area contributed by atoms with E-state index in [0.717, 1.165) is 5.56 Å². The Labute approximate surface area is 158 Å². The van der Waals surface area contributed by atoms with Gasteiger partial charge < -0.3 is 14.5 Å². The Morgan fingerprint density at radius 1 is 1.23 bits per heavy atom. The van der Waals surface area contributed by atoms with Gasteiger partial charge in [-0.1, -0.05) is 17.7 Å². The summed E-state index contributed by atoms with van der Waals surface area (Å²) in [5.74, 6) is 0.890. The van der Waals surface area contributed by atoms with Crippen molar-refractivity contribution in [2.24, 2.45) is 0 Å². The minimum Gasteiger partial charge on any atom is -0.495 e. The summed E-state index contributed by atoms with van der Waals surface area (Å²) >= 11 is 7.56. The Kier molecular flexibility index (Phi) is 4.36. The number of anilines is 1. The third kappa shape index (κ3) is 3.16. The monoisotopic (exact) mass is 384 g/mol. The van der Waals surface area contributed by atoms with Crippen LogP contribution in [0.4, 0.5) is 5.69 Å².